The zero-order valence-electron chi connectivity index (χ0n) is 13.0. The van der Waals surface area contributed by atoms with E-state index in [9.17, 15) is 0 Å². The summed E-state index contributed by atoms with van der Waals surface area (Å²) in [5.74, 6) is 2.66. The second-order valence-electron chi connectivity index (χ2n) is 5.64. The van der Waals surface area contributed by atoms with Gasteiger partial charge in [0, 0.05) is 42.6 Å². The lowest BCUT2D eigenvalue weighted by Gasteiger charge is -2.12. The third kappa shape index (κ3) is 2.66. The number of hydrogen-bond donors (Lipinski definition) is 0. The van der Waals surface area contributed by atoms with Crippen molar-refractivity contribution in [3.63, 3.8) is 0 Å². The van der Waals surface area contributed by atoms with E-state index in [2.05, 4.69) is 25.8 Å². The van der Waals surface area contributed by atoms with Gasteiger partial charge in [0.1, 0.15) is 5.82 Å². The Morgan fingerprint density at radius 3 is 3.09 bits per heavy atom. The molecule has 0 amide bonds. The third-order valence-corrected chi connectivity index (χ3v) is 4.12. The van der Waals surface area contributed by atoms with Crippen molar-refractivity contribution in [2.24, 2.45) is 0 Å². The molecule has 1 saturated heterocycles. The van der Waals surface area contributed by atoms with Crippen LogP contribution in [0.3, 0.4) is 0 Å². The summed E-state index contributed by atoms with van der Waals surface area (Å²) in [5, 5.41) is 3.96. The molecule has 6 heteroatoms. The SMILES string of the molecule is CCc1noc(-c2cccc(-n3ccnc3[C@@H]3CCOC3)c2)n1. The van der Waals surface area contributed by atoms with Gasteiger partial charge in [0.05, 0.1) is 6.61 Å². The Morgan fingerprint density at radius 1 is 1.35 bits per heavy atom. The van der Waals surface area contributed by atoms with Crippen LogP contribution in [0.15, 0.2) is 41.2 Å². The van der Waals surface area contributed by atoms with Gasteiger partial charge in [0.2, 0.25) is 0 Å². The lowest BCUT2D eigenvalue weighted by molar-refractivity contribution is 0.193. The molecule has 1 fully saturated rings. The van der Waals surface area contributed by atoms with Crippen molar-refractivity contribution in [3.8, 4) is 17.1 Å². The molecule has 0 radical (unpaired) electrons. The molecule has 0 bridgehead atoms. The average molecular weight is 310 g/mol. The monoisotopic (exact) mass is 310 g/mol. The van der Waals surface area contributed by atoms with Crippen molar-refractivity contribution in [2.45, 2.75) is 25.7 Å². The van der Waals surface area contributed by atoms with Gasteiger partial charge >= 0.3 is 0 Å². The number of imidazole rings is 1. The van der Waals surface area contributed by atoms with Crippen LogP contribution < -0.4 is 0 Å². The first-order chi connectivity index (χ1) is 11.3. The fourth-order valence-electron chi connectivity index (χ4n) is 2.88. The molecule has 0 saturated carbocycles. The van der Waals surface area contributed by atoms with E-state index >= 15 is 0 Å². The van der Waals surface area contributed by atoms with Gasteiger partial charge in [-0.2, -0.15) is 4.98 Å². The summed E-state index contributed by atoms with van der Waals surface area (Å²) >= 11 is 0. The van der Waals surface area contributed by atoms with E-state index in [1.165, 1.54) is 0 Å². The molecular formula is C17H18N4O2. The lowest BCUT2D eigenvalue weighted by Crippen LogP contribution is -2.07. The van der Waals surface area contributed by atoms with Crippen LogP contribution in [0.25, 0.3) is 17.1 Å². The highest BCUT2D eigenvalue weighted by atomic mass is 16.5. The van der Waals surface area contributed by atoms with Crippen LogP contribution in [0, 0.1) is 0 Å². The quantitative estimate of drug-likeness (QED) is 0.741. The first-order valence-corrected chi connectivity index (χ1v) is 7.89. The minimum atomic E-state index is 0.351. The predicted octanol–water partition coefficient (Wildman–Crippen LogP) is 2.99. The topological polar surface area (TPSA) is 66.0 Å². The van der Waals surface area contributed by atoms with Gasteiger partial charge in [0.15, 0.2) is 5.82 Å². The second kappa shape index (κ2) is 5.96. The maximum atomic E-state index is 5.49. The fourth-order valence-corrected chi connectivity index (χ4v) is 2.88. The molecule has 1 aromatic carbocycles. The molecule has 0 aliphatic carbocycles. The van der Waals surface area contributed by atoms with Gasteiger partial charge in [0.25, 0.3) is 5.89 Å². The lowest BCUT2D eigenvalue weighted by atomic mass is 10.1. The van der Waals surface area contributed by atoms with Gasteiger partial charge < -0.3 is 13.8 Å². The summed E-state index contributed by atoms with van der Waals surface area (Å²) < 4.78 is 12.9. The van der Waals surface area contributed by atoms with Crippen molar-refractivity contribution in [2.75, 3.05) is 13.2 Å². The number of aromatic nitrogens is 4. The number of nitrogens with zero attached hydrogens (tertiary/aromatic N) is 4. The van der Waals surface area contributed by atoms with Crippen molar-refractivity contribution in [3.05, 3.63) is 48.3 Å². The van der Waals surface area contributed by atoms with Crippen LogP contribution in [0.2, 0.25) is 0 Å². The standard InChI is InChI=1S/C17H18N4O2/c1-2-15-19-17(23-20-15)12-4-3-5-14(10-12)21-8-7-18-16(21)13-6-9-22-11-13/h3-5,7-8,10,13H,2,6,9,11H2,1H3/t13-/m1/s1. The van der Waals surface area contributed by atoms with Crippen molar-refractivity contribution in [1.29, 1.82) is 0 Å². The minimum Gasteiger partial charge on any atom is -0.381 e. The first kappa shape index (κ1) is 14.1. The van der Waals surface area contributed by atoms with Crippen LogP contribution in [0.4, 0.5) is 0 Å². The Labute approximate surface area is 134 Å². The van der Waals surface area contributed by atoms with Crippen molar-refractivity contribution in [1.82, 2.24) is 19.7 Å². The van der Waals surface area contributed by atoms with Gasteiger partial charge in [-0.1, -0.05) is 18.1 Å². The summed E-state index contributed by atoms with van der Waals surface area (Å²) in [6, 6.07) is 8.08. The Kier molecular flexibility index (Phi) is 3.67. The average Bonchev–Trinajstić information content (AvgIpc) is 3.34. The Morgan fingerprint density at radius 2 is 2.30 bits per heavy atom. The molecule has 0 spiro atoms. The van der Waals surface area contributed by atoms with Crippen molar-refractivity contribution < 1.29 is 9.26 Å². The van der Waals surface area contributed by atoms with Crippen LogP contribution in [0.5, 0.6) is 0 Å². The Hall–Kier alpha value is -2.47. The summed E-state index contributed by atoms with van der Waals surface area (Å²) in [5.41, 5.74) is 1.95. The van der Waals surface area contributed by atoms with E-state index in [1.807, 2.05) is 37.5 Å². The van der Waals surface area contributed by atoms with Gasteiger partial charge in [-0.25, -0.2) is 4.98 Å². The van der Waals surface area contributed by atoms with E-state index in [0.29, 0.717) is 11.8 Å². The highest BCUT2D eigenvalue weighted by Gasteiger charge is 2.22. The molecule has 1 aliphatic rings. The number of hydrogen-bond acceptors (Lipinski definition) is 5. The molecule has 2 aromatic heterocycles. The van der Waals surface area contributed by atoms with Crippen molar-refractivity contribution >= 4 is 0 Å². The largest absolute Gasteiger partial charge is 0.381 e. The molecule has 6 nitrogen and oxygen atoms in total. The summed E-state index contributed by atoms with van der Waals surface area (Å²) in [4.78, 5) is 8.92. The zero-order chi connectivity index (χ0) is 15.6. The molecule has 4 rings (SSSR count). The molecule has 23 heavy (non-hydrogen) atoms. The first-order valence-electron chi connectivity index (χ1n) is 7.89. The summed E-state index contributed by atoms with van der Waals surface area (Å²) in [6.45, 7) is 3.55. The predicted molar refractivity (Wildman–Crippen MR) is 84.4 cm³/mol. The van der Waals surface area contributed by atoms with Gasteiger partial charge in [-0.05, 0) is 24.6 Å². The zero-order valence-corrected chi connectivity index (χ0v) is 13.0. The molecule has 118 valence electrons. The number of aryl methyl sites for hydroxylation is 1. The minimum absolute atomic E-state index is 0.351. The van der Waals surface area contributed by atoms with E-state index in [4.69, 9.17) is 9.26 Å². The van der Waals surface area contributed by atoms with E-state index in [1.54, 1.807) is 0 Å². The Balaban J connectivity index is 1.70. The highest BCUT2D eigenvalue weighted by Crippen LogP contribution is 2.27. The summed E-state index contributed by atoms with van der Waals surface area (Å²) in [6.07, 6.45) is 5.59. The third-order valence-electron chi connectivity index (χ3n) is 4.12. The Bertz CT molecular complexity index is 802. The molecule has 0 unspecified atom stereocenters. The van der Waals surface area contributed by atoms with E-state index in [0.717, 1.165) is 49.0 Å². The highest BCUT2D eigenvalue weighted by molar-refractivity contribution is 5.57. The molecule has 3 aromatic rings. The maximum Gasteiger partial charge on any atom is 0.257 e. The number of benzene rings is 1. The smallest absolute Gasteiger partial charge is 0.257 e. The normalized spacial score (nSPS) is 17.7. The fraction of sp³-hybridized carbons (Fsp3) is 0.353. The maximum absolute atomic E-state index is 5.49. The van der Waals surface area contributed by atoms with E-state index in [-0.39, 0.29) is 0 Å². The van der Waals surface area contributed by atoms with Crippen LogP contribution in [-0.4, -0.2) is 32.9 Å². The number of rotatable bonds is 4. The van der Waals surface area contributed by atoms with Gasteiger partial charge in [-0.3, -0.25) is 0 Å². The number of ether oxygens (including phenoxy) is 1. The van der Waals surface area contributed by atoms with Crippen LogP contribution >= 0.6 is 0 Å². The second-order valence-corrected chi connectivity index (χ2v) is 5.64. The molecule has 1 atom stereocenters. The van der Waals surface area contributed by atoms with E-state index < -0.39 is 0 Å². The van der Waals surface area contributed by atoms with Crippen LogP contribution in [-0.2, 0) is 11.2 Å². The van der Waals surface area contributed by atoms with Gasteiger partial charge in [-0.15, -0.1) is 0 Å². The summed E-state index contributed by atoms with van der Waals surface area (Å²) in [7, 11) is 0. The molecule has 1 aliphatic heterocycles. The molecular weight excluding hydrogens is 292 g/mol. The molecule has 0 N–H and O–H groups in total. The molecule has 3 heterocycles. The van der Waals surface area contributed by atoms with Crippen LogP contribution in [0.1, 0.15) is 30.9 Å².